The molecule has 0 saturated heterocycles. The van der Waals surface area contributed by atoms with Crippen LogP contribution in [0.4, 0.5) is 0 Å². The Morgan fingerprint density at radius 2 is 0.750 bits per heavy atom. The van der Waals surface area contributed by atoms with Crippen LogP contribution in [-0.4, -0.2) is 35.4 Å². The summed E-state index contributed by atoms with van der Waals surface area (Å²) < 4.78 is 0. The predicted molar refractivity (Wildman–Crippen MR) is 17.2 cm³/mol. The Hall–Kier alpha value is 1.48. The summed E-state index contributed by atoms with van der Waals surface area (Å²) in [4.78, 5) is 0. The van der Waals surface area contributed by atoms with Crippen molar-refractivity contribution in [3.05, 3.63) is 0 Å². The molecule has 4 heavy (non-hydrogen) atoms. The van der Waals surface area contributed by atoms with Gasteiger partial charge in [0.15, 0.2) is 0 Å². The molecule has 0 rings (SSSR count). The van der Waals surface area contributed by atoms with Gasteiger partial charge >= 0.3 is 24.4 Å². The second kappa shape index (κ2) is 24.8. The van der Waals surface area contributed by atoms with E-state index in [0.717, 1.165) is 0 Å². The third-order valence-corrected chi connectivity index (χ3v) is 0. The fourth-order valence-electron chi connectivity index (χ4n) is 0. The first kappa shape index (κ1) is 50.3. The molecular weight excluding hydrogens is 351 g/mol. The van der Waals surface area contributed by atoms with Crippen LogP contribution in [0.3, 0.4) is 0 Å². The Morgan fingerprint density at radius 1 is 0.750 bits per heavy atom. The quantitative estimate of drug-likeness (QED) is 0.420. The molecule has 1 radical (unpaired) electrons. The summed E-state index contributed by atoms with van der Waals surface area (Å²) in [5.74, 6) is 0. The minimum absolute atomic E-state index is 0. The molecule has 35 valence electrons. The molecule has 0 aromatic rings. The minimum atomic E-state index is 0. The standard InChI is InChI=1S/Au.2H2O.Sb.3H/h;2*1H2;;;;. The second-order valence-electron chi connectivity index (χ2n) is 0. The van der Waals surface area contributed by atoms with E-state index in [0.29, 0.717) is 0 Å². The van der Waals surface area contributed by atoms with Gasteiger partial charge in [0.05, 0.1) is 0 Å². The van der Waals surface area contributed by atoms with Crippen molar-refractivity contribution in [1.29, 1.82) is 0 Å². The van der Waals surface area contributed by atoms with Crippen LogP contribution in [0, 0.1) is 0 Å². The van der Waals surface area contributed by atoms with Gasteiger partial charge in [-0.15, -0.1) is 0 Å². The second-order valence-corrected chi connectivity index (χ2v) is 0. The van der Waals surface area contributed by atoms with Crippen LogP contribution < -0.4 is 0 Å². The SMILES string of the molecule is O.O.[Au].[SbH3]. The number of rotatable bonds is 0. The first-order valence-electron chi connectivity index (χ1n) is 0. The van der Waals surface area contributed by atoms with Gasteiger partial charge < -0.3 is 11.0 Å². The molecule has 0 aliphatic rings. The van der Waals surface area contributed by atoms with Crippen LogP contribution in [0.1, 0.15) is 0 Å². The van der Waals surface area contributed by atoms with Gasteiger partial charge in [-0.05, 0) is 0 Å². The molecule has 2 nitrogen and oxygen atoms in total. The Balaban J connectivity index is 0. The average Bonchev–Trinajstić information content (AvgIpc) is 0. The monoisotopic (exact) mass is 357 g/mol. The molecule has 0 unspecified atom stereocenters. The van der Waals surface area contributed by atoms with E-state index in [4.69, 9.17) is 0 Å². The molecule has 0 bridgehead atoms. The maximum absolute atomic E-state index is 0. The molecular formula is H7AuO2Sb. The molecule has 0 atom stereocenters. The maximum atomic E-state index is 0. The summed E-state index contributed by atoms with van der Waals surface area (Å²) in [5.41, 5.74) is 0. The van der Waals surface area contributed by atoms with Crippen LogP contribution in [0.15, 0.2) is 0 Å². The first-order chi connectivity index (χ1) is 0. The zero-order chi connectivity index (χ0) is 0. The molecule has 0 aliphatic carbocycles. The average molecular weight is 358 g/mol. The Kier molecular flexibility index (Phi) is 312. The molecule has 0 aromatic carbocycles. The predicted octanol–water partition coefficient (Wildman–Crippen LogP) is -2.84. The van der Waals surface area contributed by atoms with E-state index in [-0.39, 0.29) is 57.8 Å². The van der Waals surface area contributed by atoms with Gasteiger partial charge in [-0.2, -0.15) is 0 Å². The van der Waals surface area contributed by atoms with Gasteiger partial charge in [0.1, 0.15) is 0 Å². The van der Waals surface area contributed by atoms with Gasteiger partial charge in [-0.1, -0.05) is 0 Å². The molecule has 0 fully saturated rings. The molecule has 0 spiro atoms. The molecule has 4 N–H and O–H groups in total. The van der Waals surface area contributed by atoms with E-state index in [2.05, 4.69) is 0 Å². The van der Waals surface area contributed by atoms with Crippen molar-refractivity contribution in [3.63, 3.8) is 0 Å². The fraction of sp³-hybridized carbons (Fsp3) is 0. The van der Waals surface area contributed by atoms with Gasteiger partial charge in [0.25, 0.3) is 0 Å². The van der Waals surface area contributed by atoms with Crippen molar-refractivity contribution >= 4 is 24.4 Å². The molecule has 4 heteroatoms. The molecule has 0 amide bonds. The summed E-state index contributed by atoms with van der Waals surface area (Å²) in [6, 6.07) is 0. The Labute approximate surface area is 57.5 Å². The van der Waals surface area contributed by atoms with Crippen molar-refractivity contribution in [2.24, 2.45) is 0 Å². The zero-order valence-corrected chi connectivity index (χ0v) is 8.21. The van der Waals surface area contributed by atoms with Crippen molar-refractivity contribution in [2.45, 2.75) is 0 Å². The number of hydrogen-bond acceptors (Lipinski definition) is 0. The summed E-state index contributed by atoms with van der Waals surface area (Å²) in [6.45, 7) is 0. The van der Waals surface area contributed by atoms with E-state index in [1.54, 1.807) is 0 Å². The van der Waals surface area contributed by atoms with Crippen LogP contribution in [0.2, 0.25) is 0 Å². The van der Waals surface area contributed by atoms with Gasteiger partial charge in [-0.25, -0.2) is 0 Å². The normalized spacial score (nSPS) is 0. The van der Waals surface area contributed by atoms with Crippen LogP contribution in [0.25, 0.3) is 0 Å². The van der Waals surface area contributed by atoms with E-state index >= 15 is 0 Å². The van der Waals surface area contributed by atoms with E-state index < -0.39 is 0 Å². The molecule has 0 aromatic heterocycles. The van der Waals surface area contributed by atoms with Crippen molar-refractivity contribution in [2.75, 3.05) is 0 Å². The van der Waals surface area contributed by atoms with E-state index in [1.807, 2.05) is 0 Å². The van der Waals surface area contributed by atoms with Crippen LogP contribution in [-0.2, 0) is 22.4 Å². The zero-order valence-electron chi connectivity index (χ0n) is 2.01. The third kappa shape index (κ3) is 9.78. The number of hydrogen-bond donors (Lipinski definition) is 0. The summed E-state index contributed by atoms with van der Waals surface area (Å²) in [6.07, 6.45) is 0. The van der Waals surface area contributed by atoms with Crippen molar-refractivity contribution in [3.8, 4) is 0 Å². The first-order valence-corrected chi connectivity index (χ1v) is 0. The Bertz CT molecular complexity index is 6.00. The van der Waals surface area contributed by atoms with Crippen molar-refractivity contribution < 1.29 is 33.3 Å². The van der Waals surface area contributed by atoms with Crippen LogP contribution in [0.5, 0.6) is 0 Å². The van der Waals surface area contributed by atoms with Gasteiger partial charge in [0.2, 0.25) is 0 Å². The summed E-state index contributed by atoms with van der Waals surface area (Å²) in [5, 5.41) is 0. The third-order valence-electron chi connectivity index (χ3n) is 0. The molecule has 0 saturated carbocycles. The van der Waals surface area contributed by atoms with Gasteiger partial charge in [0, 0.05) is 22.4 Å². The Morgan fingerprint density at radius 3 is 0.750 bits per heavy atom. The van der Waals surface area contributed by atoms with E-state index in [1.165, 1.54) is 0 Å². The van der Waals surface area contributed by atoms with E-state index in [9.17, 15) is 0 Å². The van der Waals surface area contributed by atoms with Gasteiger partial charge in [-0.3, -0.25) is 0 Å². The summed E-state index contributed by atoms with van der Waals surface area (Å²) in [7, 11) is 0. The van der Waals surface area contributed by atoms with Crippen molar-refractivity contribution in [1.82, 2.24) is 0 Å². The molecule has 0 aliphatic heterocycles. The topological polar surface area (TPSA) is 63.0 Å². The van der Waals surface area contributed by atoms with Crippen LogP contribution >= 0.6 is 0 Å². The molecule has 0 heterocycles. The fourth-order valence-corrected chi connectivity index (χ4v) is 0. The summed E-state index contributed by atoms with van der Waals surface area (Å²) >= 11 is 0.